The molecular formula is C11H19N. The summed E-state index contributed by atoms with van der Waals surface area (Å²) in [4.78, 5) is 0. The van der Waals surface area contributed by atoms with Crippen molar-refractivity contribution in [2.75, 3.05) is 0 Å². The van der Waals surface area contributed by atoms with Crippen LogP contribution in [0.1, 0.15) is 40.5 Å². The standard InChI is InChI=1S/C11H19N/c1-8-5-6-9(7-10(8)12)11(2,3)4/h7H,5-6,12H2,1-4H3. The van der Waals surface area contributed by atoms with E-state index in [0.29, 0.717) is 0 Å². The maximum Gasteiger partial charge on any atom is 0.0302 e. The van der Waals surface area contributed by atoms with E-state index in [2.05, 4.69) is 33.8 Å². The molecule has 0 amide bonds. The predicted octanol–water partition coefficient (Wildman–Crippen LogP) is 2.99. The second-order valence-electron chi connectivity index (χ2n) is 4.66. The fourth-order valence-electron chi connectivity index (χ4n) is 1.44. The van der Waals surface area contributed by atoms with Crippen molar-refractivity contribution in [1.29, 1.82) is 0 Å². The van der Waals surface area contributed by atoms with E-state index in [0.717, 1.165) is 12.1 Å². The monoisotopic (exact) mass is 165 g/mol. The van der Waals surface area contributed by atoms with Crippen molar-refractivity contribution in [1.82, 2.24) is 0 Å². The fraction of sp³-hybridized carbons (Fsp3) is 0.636. The lowest BCUT2D eigenvalue weighted by Gasteiger charge is -2.26. The molecule has 68 valence electrons. The van der Waals surface area contributed by atoms with Gasteiger partial charge in [0.05, 0.1) is 0 Å². The Bertz CT molecular complexity index is 238. The van der Waals surface area contributed by atoms with Crippen molar-refractivity contribution >= 4 is 0 Å². The van der Waals surface area contributed by atoms with Gasteiger partial charge in [0.1, 0.15) is 0 Å². The van der Waals surface area contributed by atoms with Crippen molar-refractivity contribution in [3.8, 4) is 0 Å². The normalized spacial score (nSPS) is 19.5. The predicted molar refractivity (Wildman–Crippen MR) is 53.7 cm³/mol. The molecule has 0 radical (unpaired) electrons. The number of nitrogens with two attached hydrogens (primary N) is 1. The highest BCUT2D eigenvalue weighted by Crippen LogP contribution is 2.33. The van der Waals surface area contributed by atoms with E-state index in [9.17, 15) is 0 Å². The van der Waals surface area contributed by atoms with Gasteiger partial charge in [-0.15, -0.1) is 0 Å². The van der Waals surface area contributed by atoms with Gasteiger partial charge in [0.25, 0.3) is 0 Å². The van der Waals surface area contributed by atoms with Crippen LogP contribution in [0.4, 0.5) is 0 Å². The summed E-state index contributed by atoms with van der Waals surface area (Å²) in [6, 6.07) is 0. The first-order valence-electron chi connectivity index (χ1n) is 4.57. The number of hydrogen-bond acceptors (Lipinski definition) is 1. The van der Waals surface area contributed by atoms with Crippen LogP contribution in [-0.4, -0.2) is 0 Å². The molecule has 0 saturated carbocycles. The highest BCUT2D eigenvalue weighted by Gasteiger charge is 2.19. The van der Waals surface area contributed by atoms with E-state index >= 15 is 0 Å². The van der Waals surface area contributed by atoms with Crippen molar-refractivity contribution in [2.45, 2.75) is 40.5 Å². The molecule has 0 saturated heterocycles. The average Bonchev–Trinajstić information content (AvgIpc) is 1.92. The first-order valence-corrected chi connectivity index (χ1v) is 4.57. The van der Waals surface area contributed by atoms with Gasteiger partial charge in [-0.05, 0) is 31.3 Å². The zero-order valence-electron chi connectivity index (χ0n) is 8.57. The number of rotatable bonds is 0. The Morgan fingerprint density at radius 2 is 1.83 bits per heavy atom. The maximum absolute atomic E-state index is 5.87. The zero-order chi connectivity index (χ0) is 9.35. The summed E-state index contributed by atoms with van der Waals surface area (Å²) in [7, 11) is 0. The second-order valence-corrected chi connectivity index (χ2v) is 4.66. The van der Waals surface area contributed by atoms with Crippen molar-refractivity contribution in [3.05, 3.63) is 22.9 Å². The largest absolute Gasteiger partial charge is 0.399 e. The van der Waals surface area contributed by atoms with E-state index in [4.69, 9.17) is 5.73 Å². The number of hydrogen-bond donors (Lipinski definition) is 1. The van der Waals surface area contributed by atoms with Gasteiger partial charge in [0.15, 0.2) is 0 Å². The molecule has 1 rings (SSSR count). The Morgan fingerprint density at radius 3 is 2.25 bits per heavy atom. The summed E-state index contributed by atoms with van der Waals surface area (Å²) in [5.41, 5.74) is 9.94. The van der Waals surface area contributed by atoms with Gasteiger partial charge in [-0.25, -0.2) is 0 Å². The molecule has 1 heteroatoms. The van der Waals surface area contributed by atoms with Gasteiger partial charge in [-0.3, -0.25) is 0 Å². The maximum atomic E-state index is 5.87. The van der Waals surface area contributed by atoms with Crippen LogP contribution >= 0.6 is 0 Å². The Kier molecular flexibility index (Phi) is 2.31. The van der Waals surface area contributed by atoms with Crippen LogP contribution in [0.15, 0.2) is 22.9 Å². The minimum Gasteiger partial charge on any atom is -0.399 e. The van der Waals surface area contributed by atoms with E-state index in [1.807, 2.05) is 0 Å². The van der Waals surface area contributed by atoms with E-state index in [1.54, 1.807) is 0 Å². The summed E-state index contributed by atoms with van der Waals surface area (Å²) in [6.45, 7) is 8.84. The minimum absolute atomic E-state index is 0.283. The quantitative estimate of drug-likeness (QED) is 0.586. The van der Waals surface area contributed by atoms with Crippen LogP contribution in [0.5, 0.6) is 0 Å². The van der Waals surface area contributed by atoms with Crippen molar-refractivity contribution in [2.24, 2.45) is 11.1 Å². The minimum atomic E-state index is 0.283. The summed E-state index contributed by atoms with van der Waals surface area (Å²) < 4.78 is 0. The van der Waals surface area contributed by atoms with Crippen LogP contribution in [-0.2, 0) is 0 Å². The average molecular weight is 165 g/mol. The molecule has 0 aromatic heterocycles. The van der Waals surface area contributed by atoms with Crippen molar-refractivity contribution < 1.29 is 0 Å². The molecule has 0 unspecified atom stereocenters. The third kappa shape index (κ3) is 1.90. The van der Waals surface area contributed by atoms with Crippen molar-refractivity contribution in [3.63, 3.8) is 0 Å². The highest BCUT2D eigenvalue weighted by atomic mass is 14.6. The van der Waals surface area contributed by atoms with Crippen LogP contribution in [0.2, 0.25) is 0 Å². The molecule has 1 aliphatic rings. The molecule has 1 nitrogen and oxygen atoms in total. The Labute approximate surface area is 75.3 Å². The molecule has 0 heterocycles. The molecule has 0 aromatic carbocycles. The lowest BCUT2D eigenvalue weighted by atomic mass is 9.80. The second kappa shape index (κ2) is 2.96. The first kappa shape index (κ1) is 9.37. The van der Waals surface area contributed by atoms with Gasteiger partial charge < -0.3 is 5.73 Å². The van der Waals surface area contributed by atoms with E-state index in [-0.39, 0.29) is 5.41 Å². The SMILES string of the molecule is CC1=C(N)C=C(C(C)(C)C)CC1. The molecule has 0 spiro atoms. The summed E-state index contributed by atoms with van der Waals surface area (Å²) in [5, 5.41) is 0. The smallest absolute Gasteiger partial charge is 0.0302 e. The van der Waals surface area contributed by atoms with Gasteiger partial charge in [-0.2, -0.15) is 0 Å². The molecule has 1 aliphatic carbocycles. The van der Waals surface area contributed by atoms with Crippen LogP contribution in [0.25, 0.3) is 0 Å². The molecular weight excluding hydrogens is 146 g/mol. The molecule has 2 N–H and O–H groups in total. The molecule has 0 aromatic rings. The van der Waals surface area contributed by atoms with Gasteiger partial charge in [0.2, 0.25) is 0 Å². The molecule has 0 fully saturated rings. The summed E-state index contributed by atoms with van der Waals surface area (Å²) in [5.74, 6) is 0. The highest BCUT2D eigenvalue weighted by molar-refractivity contribution is 5.32. The summed E-state index contributed by atoms with van der Waals surface area (Å²) in [6.07, 6.45) is 4.46. The van der Waals surface area contributed by atoms with Crippen LogP contribution in [0, 0.1) is 5.41 Å². The third-order valence-electron chi connectivity index (χ3n) is 2.56. The molecule has 0 atom stereocenters. The van der Waals surface area contributed by atoms with Crippen LogP contribution < -0.4 is 5.73 Å². The Morgan fingerprint density at radius 1 is 1.25 bits per heavy atom. The number of allylic oxidation sites excluding steroid dienone is 3. The molecule has 12 heavy (non-hydrogen) atoms. The molecule has 0 bridgehead atoms. The van der Waals surface area contributed by atoms with Crippen LogP contribution in [0.3, 0.4) is 0 Å². The summed E-state index contributed by atoms with van der Waals surface area (Å²) >= 11 is 0. The van der Waals surface area contributed by atoms with E-state index in [1.165, 1.54) is 17.6 Å². The first-order chi connectivity index (χ1) is 5.41. The third-order valence-corrected chi connectivity index (χ3v) is 2.56. The lowest BCUT2D eigenvalue weighted by Crippen LogP contribution is -2.15. The topological polar surface area (TPSA) is 26.0 Å². The Balaban J connectivity index is 2.91. The van der Waals surface area contributed by atoms with Gasteiger partial charge in [-0.1, -0.05) is 31.9 Å². The zero-order valence-corrected chi connectivity index (χ0v) is 8.57. The molecule has 0 aliphatic heterocycles. The lowest BCUT2D eigenvalue weighted by molar-refractivity contribution is 0.478. The van der Waals surface area contributed by atoms with Gasteiger partial charge in [0, 0.05) is 5.70 Å². The van der Waals surface area contributed by atoms with Gasteiger partial charge >= 0.3 is 0 Å². The Hall–Kier alpha value is -0.720. The van der Waals surface area contributed by atoms with E-state index < -0.39 is 0 Å². The fourth-order valence-corrected chi connectivity index (χ4v) is 1.44.